The third-order valence-corrected chi connectivity index (χ3v) is 8.83. The van der Waals surface area contributed by atoms with Crippen LogP contribution < -0.4 is 9.64 Å². The Labute approximate surface area is 327 Å². The molecule has 3 aromatic carbocycles. The number of oxime groups is 2. The van der Waals surface area contributed by atoms with Gasteiger partial charge in [0, 0.05) is 33.7 Å². The van der Waals surface area contributed by atoms with Crippen molar-refractivity contribution in [3.05, 3.63) is 124 Å². The molecule has 0 radical (unpaired) electrons. The molecule has 4 aromatic rings. The van der Waals surface area contributed by atoms with Gasteiger partial charge < -0.3 is 39.2 Å². The highest BCUT2D eigenvalue weighted by Gasteiger charge is 2.34. The predicted molar refractivity (Wildman–Crippen MR) is 211 cm³/mol. The smallest absolute Gasteiger partial charge is 0.368 e. The minimum Gasteiger partial charge on any atom is -0.497 e. The molecule has 0 spiro atoms. The second kappa shape index (κ2) is 17.0. The number of anilines is 1. The van der Waals surface area contributed by atoms with Gasteiger partial charge in [-0.05, 0) is 104 Å². The SMILES string of the molecule is COc1ccc(C2=NOC(=O)C2=Cc2ccc(N(CC(=O)O)CC(=O)O)cc2)cc1.Cc1cc(C=C2C(=O)ON=C2C(C)(C)C)c(C)n1-c1ccc(C(=O)O)cc1. The molecule has 57 heavy (non-hydrogen) atoms. The quantitative estimate of drug-likeness (QED) is 0.116. The molecule has 1 aromatic heterocycles. The first-order valence-electron chi connectivity index (χ1n) is 17.5. The average Bonchev–Trinajstić information content (AvgIpc) is 3.81. The van der Waals surface area contributed by atoms with E-state index in [9.17, 15) is 24.0 Å². The van der Waals surface area contributed by atoms with Crippen LogP contribution in [0, 0.1) is 19.3 Å². The van der Waals surface area contributed by atoms with Gasteiger partial charge in [-0.1, -0.05) is 43.2 Å². The molecule has 0 bridgehead atoms. The number of aromatic nitrogens is 1. The topological polar surface area (TPSA) is 207 Å². The summed E-state index contributed by atoms with van der Waals surface area (Å²) in [6.45, 7) is 8.96. The van der Waals surface area contributed by atoms with Gasteiger partial charge in [0.15, 0.2) is 0 Å². The molecule has 2 aliphatic heterocycles. The number of ether oxygens (including phenoxy) is 1. The number of methoxy groups -OCH3 is 1. The molecule has 0 fully saturated rings. The van der Waals surface area contributed by atoms with Crippen LogP contribution in [0.1, 0.15) is 59.2 Å². The fourth-order valence-corrected chi connectivity index (χ4v) is 6.07. The van der Waals surface area contributed by atoms with E-state index in [4.69, 9.17) is 29.7 Å². The van der Waals surface area contributed by atoms with Gasteiger partial charge in [0.25, 0.3) is 0 Å². The first kappa shape index (κ1) is 40.9. The number of rotatable bonds is 11. The third kappa shape index (κ3) is 9.69. The molecule has 0 atom stereocenters. The first-order valence-corrected chi connectivity index (χ1v) is 17.5. The maximum atomic E-state index is 12.1. The Balaban J connectivity index is 0.000000219. The number of aryl methyl sites for hydroxylation is 1. The molecule has 294 valence electrons. The van der Waals surface area contributed by atoms with Gasteiger partial charge in [-0.2, -0.15) is 0 Å². The summed E-state index contributed by atoms with van der Waals surface area (Å²) in [5.74, 6) is -3.62. The van der Waals surface area contributed by atoms with Gasteiger partial charge in [-0.25, -0.2) is 14.4 Å². The number of carbonyl (C=O) groups excluding carboxylic acids is 2. The molecular weight excluding hydrogens is 736 g/mol. The molecule has 3 N–H and O–H groups in total. The maximum Gasteiger partial charge on any atom is 0.368 e. The monoisotopic (exact) mass is 776 g/mol. The zero-order valence-electron chi connectivity index (χ0n) is 32.0. The summed E-state index contributed by atoms with van der Waals surface area (Å²) in [5, 5.41) is 34.8. The lowest BCUT2D eigenvalue weighted by molar-refractivity contribution is -0.138. The summed E-state index contributed by atoms with van der Waals surface area (Å²) in [5.41, 5.74) is 7.08. The van der Waals surface area contributed by atoms with Gasteiger partial charge >= 0.3 is 29.8 Å². The average molecular weight is 777 g/mol. The maximum absolute atomic E-state index is 12.1. The van der Waals surface area contributed by atoms with E-state index >= 15 is 0 Å². The minimum atomic E-state index is -1.14. The molecule has 0 amide bonds. The van der Waals surface area contributed by atoms with Crippen molar-refractivity contribution in [2.45, 2.75) is 34.6 Å². The largest absolute Gasteiger partial charge is 0.497 e. The first-order chi connectivity index (χ1) is 27.0. The number of aliphatic carboxylic acids is 2. The van der Waals surface area contributed by atoms with E-state index in [1.54, 1.807) is 86.0 Å². The van der Waals surface area contributed by atoms with Crippen LogP contribution in [-0.4, -0.2) is 81.4 Å². The van der Waals surface area contributed by atoms with Gasteiger partial charge in [-0.15, -0.1) is 0 Å². The van der Waals surface area contributed by atoms with Crippen molar-refractivity contribution in [1.29, 1.82) is 0 Å². The van der Waals surface area contributed by atoms with Crippen LogP contribution in [0.4, 0.5) is 5.69 Å². The molecule has 0 aliphatic carbocycles. The van der Waals surface area contributed by atoms with Crippen LogP contribution in [0.5, 0.6) is 5.75 Å². The summed E-state index contributed by atoms with van der Waals surface area (Å²) < 4.78 is 7.14. The molecule has 15 heteroatoms. The number of carboxylic acids is 3. The van der Waals surface area contributed by atoms with Crippen LogP contribution in [0.2, 0.25) is 0 Å². The second-order valence-corrected chi connectivity index (χ2v) is 14.0. The lowest BCUT2D eigenvalue weighted by atomic mass is 9.85. The highest BCUT2D eigenvalue weighted by Crippen LogP contribution is 2.31. The van der Waals surface area contributed by atoms with E-state index in [-0.39, 0.29) is 16.6 Å². The number of nitrogens with zero attached hydrogens (tertiary/aromatic N) is 4. The van der Waals surface area contributed by atoms with Gasteiger partial charge in [0.2, 0.25) is 0 Å². The summed E-state index contributed by atoms with van der Waals surface area (Å²) in [7, 11) is 1.55. The Bertz CT molecular complexity index is 2330. The Hall–Kier alpha value is -7.29. The molecule has 0 unspecified atom stereocenters. The van der Waals surface area contributed by atoms with E-state index in [0.29, 0.717) is 39.6 Å². The number of carbonyl (C=O) groups is 5. The number of aromatic carboxylic acids is 1. The molecule has 0 saturated carbocycles. The molecule has 3 heterocycles. The highest BCUT2D eigenvalue weighted by atomic mass is 16.7. The molecule has 0 saturated heterocycles. The van der Waals surface area contributed by atoms with E-state index in [1.165, 1.54) is 4.90 Å². The van der Waals surface area contributed by atoms with Crippen molar-refractivity contribution < 1.29 is 53.7 Å². The van der Waals surface area contributed by atoms with Crippen LogP contribution in [0.15, 0.2) is 100 Å². The van der Waals surface area contributed by atoms with E-state index in [1.807, 2.05) is 51.3 Å². The minimum absolute atomic E-state index is 0.239. The lowest BCUT2D eigenvalue weighted by Crippen LogP contribution is -2.34. The Morgan fingerprint density at radius 1 is 0.789 bits per heavy atom. The standard InChI is InChI=1S/C21H18N2O7.C21H22N2O4/c1-29-16-8-4-14(5-9-16)20-17(21(28)30-22-20)10-13-2-6-15(7-3-13)23(11-18(24)25)12-19(26)27;1-12-10-15(11-17-18(21(3,4)5)22-27-20(17)26)13(2)23(12)16-8-6-14(7-9-16)19(24)25/h2-10H,11-12H2,1H3,(H,24,25)(H,26,27);6-11H,1-5H3,(H,24,25). The zero-order chi connectivity index (χ0) is 41.6. The van der Waals surface area contributed by atoms with Crippen LogP contribution >= 0.6 is 0 Å². The lowest BCUT2D eigenvalue weighted by Gasteiger charge is -2.20. The molecule has 6 rings (SSSR count). The highest BCUT2D eigenvalue weighted by molar-refractivity contribution is 6.31. The number of hydrogen-bond donors (Lipinski definition) is 3. The van der Waals surface area contributed by atoms with E-state index < -0.39 is 42.9 Å². The number of carboxylic acid groups (broad SMARTS) is 3. The predicted octanol–water partition coefficient (Wildman–Crippen LogP) is 6.15. The summed E-state index contributed by atoms with van der Waals surface area (Å²) >= 11 is 0. The van der Waals surface area contributed by atoms with Crippen molar-refractivity contribution in [2.75, 3.05) is 25.1 Å². The number of hydrogen-bond acceptors (Lipinski definition) is 11. The fourth-order valence-electron chi connectivity index (χ4n) is 6.07. The number of benzene rings is 3. The molecule has 2 aliphatic rings. The van der Waals surface area contributed by atoms with E-state index in [0.717, 1.165) is 22.6 Å². The van der Waals surface area contributed by atoms with Crippen molar-refractivity contribution >= 4 is 59.1 Å². The third-order valence-electron chi connectivity index (χ3n) is 8.83. The Morgan fingerprint density at radius 3 is 1.91 bits per heavy atom. The van der Waals surface area contributed by atoms with Crippen LogP contribution in [-0.2, 0) is 28.9 Å². The summed E-state index contributed by atoms with van der Waals surface area (Å²) in [6, 6.07) is 22.1. The van der Waals surface area contributed by atoms with Crippen LogP contribution in [0.25, 0.3) is 17.8 Å². The van der Waals surface area contributed by atoms with Crippen LogP contribution in [0.3, 0.4) is 0 Å². The van der Waals surface area contributed by atoms with Gasteiger partial charge in [-0.3, -0.25) is 9.59 Å². The van der Waals surface area contributed by atoms with Crippen molar-refractivity contribution in [1.82, 2.24) is 4.57 Å². The van der Waals surface area contributed by atoms with Gasteiger partial charge in [0.05, 0.1) is 23.8 Å². The molecule has 15 nitrogen and oxygen atoms in total. The fraction of sp³-hybridized carbons (Fsp3) is 0.214. The second-order valence-electron chi connectivity index (χ2n) is 14.0. The molecular formula is C42H40N4O11. The van der Waals surface area contributed by atoms with Crippen molar-refractivity contribution in [2.24, 2.45) is 15.7 Å². The van der Waals surface area contributed by atoms with Crippen molar-refractivity contribution in [3.63, 3.8) is 0 Å². The Kier molecular flexibility index (Phi) is 12.2. The van der Waals surface area contributed by atoms with Gasteiger partial charge in [0.1, 0.15) is 30.3 Å². The van der Waals surface area contributed by atoms with Crippen molar-refractivity contribution in [3.8, 4) is 11.4 Å². The normalized spacial score (nSPS) is 15.0. The Morgan fingerprint density at radius 2 is 1.37 bits per heavy atom. The van der Waals surface area contributed by atoms with E-state index in [2.05, 4.69) is 10.3 Å². The summed E-state index contributed by atoms with van der Waals surface area (Å²) in [6.07, 6.45) is 3.41. The summed E-state index contributed by atoms with van der Waals surface area (Å²) in [4.78, 5) is 68.2. The zero-order valence-corrected chi connectivity index (χ0v) is 32.0.